The van der Waals surface area contributed by atoms with Crippen LogP contribution in [0.3, 0.4) is 0 Å². The number of rotatable bonds is 6. The molecule has 0 bridgehead atoms. The van der Waals surface area contributed by atoms with E-state index in [-0.39, 0.29) is 24.3 Å². The lowest BCUT2D eigenvalue weighted by molar-refractivity contribution is -0.137. The fourth-order valence-electron chi connectivity index (χ4n) is 2.40. The van der Waals surface area contributed by atoms with Gasteiger partial charge >= 0.3 is 5.97 Å². The minimum absolute atomic E-state index is 0.0644. The summed E-state index contributed by atoms with van der Waals surface area (Å²) in [6, 6.07) is 8.76. The zero-order valence-electron chi connectivity index (χ0n) is 12.9. The van der Waals surface area contributed by atoms with E-state index >= 15 is 0 Å². The number of aliphatic carboxylic acids is 1. The Morgan fingerprint density at radius 2 is 2.09 bits per heavy atom. The zero-order chi connectivity index (χ0) is 17.0. The van der Waals surface area contributed by atoms with Gasteiger partial charge in [-0.25, -0.2) is 0 Å². The minimum Gasteiger partial charge on any atom is -0.480 e. The van der Waals surface area contributed by atoms with Gasteiger partial charge in [0.2, 0.25) is 5.91 Å². The normalized spacial score (nSPS) is 12.2. The molecule has 1 amide bonds. The number of carboxylic acids is 1. The Morgan fingerprint density at radius 3 is 2.70 bits per heavy atom. The molecule has 7 heteroatoms. The Bertz CT molecular complexity index is 712. The van der Waals surface area contributed by atoms with Crippen molar-refractivity contribution in [3.8, 4) is 0 Å². The fourth-order valence-corrected chi connectivity index (χ4v) is 2.60. The first-order valence-corrected chi connectivity index (χ1v) is 7.56. The highest BCUT2D eigenvalue weighted by Crippen LogP contribution is 2.27. The number of amides is 1. The molecule has 2 aromatic rings. The largest absolute Gasteiger partial charge is 0.480 e. The molecule has 0 aliphatic rings. The van der Waals surface area contributed by atoms with Crippen molar-refractivity contribution in [2.75, 3.05) is 5.32 Å². The second-order valence-corrected chi connectivity index (χ2v) is 5.99. The summed E-state index contributed by atoms with van der Waals surface area (Å²) in [7, 11) is 0. The lowest BCUT2D eigenvalue weighted by Crippen LogP contribution is -2.25. The van der Waals surface area contributed by atoms with E-state index in [1.807, 2.05) is 26.0 Å². The van der Waals surface area contributed by atoms with Crippen LogP contribution in [-0.4, -0.2) is 26.8 Å². The number of nitrogens with one attached hydrogen (secondary N) is 1. The van der Waals surface area contributed by atoms with Crippen LogP contribution in [0.4, 0.5) is 5.82 Å². The fraction of sp³-hybridized carbons (Fsp3) is 0.312. The first-order chi connectivity index (χ1) is 10.9. The lowest BCUT2D eigenvalue weighted by atomic mass is 9.87. The molecular weight excluding hydrogens is 318 g/mol. The third-order valence-electron chi connectivity index (χ3n) is 3.35. The van der Waals surface area contributed by atoms with E-state index in [9.17, 15) is 9.59 Å². The second kappa shape index (κ2) is 7.28. The van der Waals surface area contributed by atoms with Crippen LogP contribution in [0.15, 0.2) is 36.5 Å². The molecule has 1 aromatic carbocycles. The van der Waals surface area contributed by atoms with E-state index in [4.69, 9.17) is 16.7 Å². The Labute approximate surface area is 139 Å². The predicted octanol–water partition coefficient (Wildman–Crippen LogP) is 3.00. The summed E-state index contributed by atoms with van der Waals surface area (Å²) in [5, 5.41) is 16.1. The van der Waals surface area contributed by atoms with Crippen LogP contribution in [-0.2, 0) is 16.1 Å². The molecule has 0 spiro atoms. The van der Waals surface area contributed by atoms with Crippen molar-refractivity contribution < 1.29 is 14.7 Å². The maximum absolute atomic E-state index is 12.6. The number of anilines is 1. The van der Waals surface area contributed by atoms with Crippen molar-refractivity contribution in [1.29, 1.82) is 0 Å². The highest BCUT2D eigenvalue weighted by atomic mass is 35.5. The van der Waals surface area contributed by atoms with Gasteiger partial charge in [0.1, 0.15) is 6.54 Å². The molecule has 0 radical (unpaired) electrons. The average Bonchev–Trinajstić information content (AvgIpc) is 2.84. The van der Waals surface area contributed by atoms with Crippen molar-refractivity contribution >= 4 is 29.3 Å². The molecule has 0 aliphatic heterocycles. The Morgan fingerprint density at radius 1 is 1.35 bits per heavy atom. The van der Waals surface area contributed by atoms with Gasteiger partial charge in [-0.1, -0.05) is 37.6 Å². The minimum atomic E-state index is -0.995. The van der Waals surface area contributed by atoms with Gasteiger partial charge in [-0.2, -0.15) is 5.10 Å². The van der Waals surface area contributed by atoms with Gasteiger partial charge in [0.25, 0.3) is 0 Å². The van der Waals surface area contributed by atoms with Gasteiger partial charge in [-0.05, 0) is 23.6 Å². The highest BCUT2D eigenvalue weighted by molar-refractivity contribution is 6.30. The number of hydrogen-bond donors (Lipinski definition) is 2. The molecule has 122 valence electrons. The maximum atomic E-state index is 12.6. The SMILES string of the molecule is CC(C)C(C(=O)Nc1ccn(CC(=O)O)n1)c1cccc(Cl)c1. The lowest BCUT2D eigenvalue weighted by Gasteiger charge is -2.20. The van der Waals surface area contributed by atoms with E-state index in [1.165, 1.54) is 10.9 Å². The van der Waals surface area contributed by atoms with Gasteiger partial charge in [0.15, 0.2) is 5.82 Å². The molecule has 0 fully saturated rings. The first-order valence-electron chi connectivity index (χ1n) is 7.18. The summed E-state index contributed by atoms with van der Waals surface area (Å²) in [6.45, 7) is 3.65. The Balaban J connectivity index is 2.15. The average molecular weight is 336 g/mol. The summed E-state index contributed by atoms with van der Waals surface area (Å²) in [6.07, 6.45) is 1.51. The number of carboxylic acid groups (broad SMARTS) is 1. The van der Waals surface area contributed by atoms with E-state index in [0.29, 0.717) is 10.8 Å². The molecule has 1 unspecified atom stereocenters. The summed E-state index contributed by atoms with van der Waals surface area (Å²) in [5.41, 5.74) is 0.829. The first kappa shape index (κ1) is 17.0. The molecular formula is C16H18ClN3O3. The van der Waals surface area contributed by atoms with Gasteiger partial charge < -0.3 is 10.4 Å². The summed E-state index contributed by atoms with van der Waals surface area (Å²) < 4.78 is 1.25. The molecule has 6 nitrogen and oxygen atoms in total. The number of hydrogen-bond acceptors (Lipinski definition) is 3. The van der Waals surface area contributed by atoms with Crippen LogP contribution in [0.2, 0.25) is 5.02 Å². The van der Waals surface area contributed by atoms with Crippen molar-refractivity contribution in [2.24, 2.45) is 5.92 Å². The van der Waals surface area contributed by atoms with Crippen molar-refractivity contribution in [2.45, 2.75) is 26.3 Å². The molecule has 0 saturated carbocycles. The van der Waals surface area contributed by atoms with Crippen LogP contribution >= 0.6 is 11.6 Å². The summed E-state index contributed by atoms with van der Waals surface area (Å²) in [4.78, 5) is 23.2. The molecule has 1 heterocycles. The molecule has 2 N–H and O–H groups in total. The number of carbonyl (C=O) groups excluding carboxylic acids is 1. The second-order valence-electron chi connectivity index (χ2n) is 5.56. The van der Waals surface area contributed by atoms with Crippen LogP contribution in [0, 0.1) is 5.92 Å². The van der Waals surface area contributed by atoms with Gasteiger partial charge in [-0.15, -0.1) is 0 Å². The van der Waals surface area contributed by atoms with Gasteiger partial charge in [0, 0.05) is 17.3 Å². The number of nitrogens with zero attached hydrogens (tertiary/aromatic N) is 2. The van der Waals surface area contributed by atoms with Crippen LogP contribution in [0.25, 0.3) is 0 Å². The third kappa shape index (κ3) is 4.56. The molecule has 0 saturated heterocycles. The van der Waals surface area contributed by atoms with Gasteiger partial charge in [0.05, 0.1) is 5.92 Å². The summed E-state index contributed by atoms with van der Waals surface area (Å²) in [5.74, 6) is -1.19. The Kier molecular flexibility index (Phi) is 5.39. The van der Waals surface area contributed by atoms with Gasteiger partial charge in [-0.3, -0.25) is 14.3 Å². The van der Waals surface area contributed by atoms with Crippen molar-refractivity contribution in [1.82, 2.24) is 9.78 Å². The third-order valence-corrected chi connectivity index (χ3v) is 3.58. The van der Waals surface area contributed by atoms with Crippen LogP contribution < -0.4 is 5.32 Å². The standard InChI is InChI=1S/C16H18ClN3O3/c1-10(2)15(11-4-3-5-12(17)8-11)16(23)18-13-6-7-20(19-13)9-14(21)22/h3-8,10,15H,9H2,1-2H3,(H,21,22)(H,18,19,23). The Hall–Kier alpha value is -2.34. The van der Waals surface area contributed by atoms with E-state index in [1.54, 1.807) is 18.2 Å². The molecule has 1 atom stereocenters. The monoisotopic (exact) mass is 335 g/mol. The highest BCUT2D eigenvalue weighted by Gasteiger charge is 2.25. The molecule has 23 heavy (non-hydrogen) atoms. The topological polar surface area (TPSA) is 84.2 Å². The quantitative estimate of drug-likeness (QED) is 0.850. The smallest absolute Gasteiger partial charge is 0.325 e. The summed E-state index contributed by atoms with van der Waals surface area (Å²) >= 11 is 6.01. The van der Waals surface area contributed by atoms with Crippen LogP contribution in [0.5, 0.6) is 0 Å². The van der Waals surface area contributed by atoms with E-state index in [2.05, 4.69) is 10.4 Å². The van der Waals surface area contributed by atoms with Crippen molar-refractivity contribution in [3.05, 3.63) is 47.1 Å². The predicted molar refractivity (Wildman–Crippen MR) is 87.5 cm³/mol. The molecule has 0 aliphatic carbocycles. The number of halogens is 1. The van der Waals surface area contributed by atoms with E-state index < -0.39 is 5.97 Å². The van der Waals surface area contributed by atoms with Crippen LogP contribution in [0.1, 0.15) is 25.3 Å². The molecule has 1 aromatic heterocycles. The zero-order valence-corrected chi connectivity index (χ0v) is 13.6. The number of aromatic nitrogens is 2. The molecule has 2 rings (SSSR count). The number of benzene rings is 1. The van der Waals surface area contributed by atoms with Crippen molar-refractivity contribution in [3.63, 3.8) is 0 Å². The van der Waals surface area contributed by atoms with E-state index in [0.717, 1.165) is 5.56 Å². The maximum Gasteiger partial charge on any atom is 0.325 e. The number of carbonyl (C=O) groups is 2.